The molecule has 28 heavy (non-hydrogen) atoms. The Morgan fingerprint density at radius 1 is 1.21 bits per heavy atom. The normalized spacial score (nSPS) is 15.5. The summed E-state index contributed by atoms with van der Waals surface area (Å²) in [4.78, 5) is 26.5. The molecule has 2 aliphatic heterocycles. The van der Waals surface area contributed by atoms with Gasteiger partial charge in [0.1, 0.15) is 9.90 Å². The molecule has 148 valence electrons. The number of halogens is 1. The third kappa shape index (κ3) is 3.60. The number of carbonyl (C=O) groups is 2. The number of amides is 1. The fourth-order valence-corrected chi connectivity index (χ4v) is 4.46. The van der Waals surface area contributed by atoms with Crippen LogP contribution in [0.2, 0.25) is 5.02 Å². The zero-order chi connectivity index (χ0) is 19.7. The number of nitrogens with zero attached hydrogens (tertiary/aromatic N) is 1. The largest absolute Gasteiger partial charge is 0.479 e. The lowest BCUT2D eigenvalue weighted by atomic mass is 10.1. The number of morpholine rings is 1. The first-order valence-electron chi connectivity index (χ1n) is 8.48. The van der Waals surface area contributed by atoms with E-state index in [9.17, 15) is 9.59 Å². The molecule has 0 spiro atoms. The molecule has 1 saturated heterocycles. The Morgan fingerprint density at radius 3 is 2.71 bits per heavy atom. The van der Waals surface area contributed by atoms with E-state index in [0.29, 0.717) is 42.7 Å². The summed E-state index contributed by atoms with van der Waals surface area (Å²) in [6, 6.07) is 5.33. The van der Waals surface area contributed by atoms with Crippen molar-refractivity contribution in [3.63, 3.8) is 0 Å². The fourth-order valence-electron chi connectivity index (χ4n) is 2.93. The van der Waals surface area contributed by atoms with E-state index in [-0.39, 0.29) is 28.3 Å². The van der Waals surface area contributed by atoms with E-state index in [1.54, 1.807) is 23.1 Å². The molecule has 0 saturated carbocycles. The second-order valence-electron chi connectivity index (χ2n) is 6.06. The molecular formula is C18H16ClNO7S. The Labute approximate surface area is 169 Å². The molecule has 8 nitrogen and oxygen atoms in total. The highest BCUT2D eigenvalue weighted by Crippen LogP contribution is 2.47. The van der Waals surface area contributed by atoms with E-state index in [2.05, 4.69) is 0 Å². The van der Waals surface area contributed by atoms with Gasteiger partial charge < -0.3 is 29.0 Å². The van der Waals surface area contributed by atoms with Gasteiger partial charge in [-0.05, 0) is 23.8 Å². The van der Waals surface area contributed by atoms with Crippen LogP contribution in [0.1, 0.15) is 9.67 Å². The minimum Gasteiger partial charge on any atom is -0.479 e. The van der Waals surface area contributed by atoms with Crippen LogP contribution in [-0.2, 0) is 9.53 Å². The van der Waals surface area contributed by atoms with Gasteiger partial charge in [-0.25, -0.2) is 4.79 Å². The van der Waals surface area contributed by atoms with Crippen LogP contribution in [0.4, 0.5) is 0 Å². The predicted molar refractivity (Wildman–Crippen MR) is 101 cm³/mol. The summed E-state index contributed by atoms with van der Waals surface area (Å²) in [6.45, 7) is 1.35. The maximum absolute atomic E-state index is 13.0. The van der Waals surface area contributed by atoms with Crippen molar-refractivity contribution in [3.05, 3.63) is 28.1 Å². The van der Waals surface area contributed by atoms with Gasteiger partial charge in [-0.15, -0.1) is 11.3 Å². The van der Waals surface area contributed by atoms with Crippen LogP contribution < -0.4 is 14.2 Å². The summed E-state index contributed by atoms with van der Waals surface area (Å²) in [6.07, 6.45) is 0. The summed E-state index contributed by atoms with van der Waals surface area (Å²) in [5, 5.41) is 9.16. The van der Waals surface area contributed by atoms with Gasteiger partial charge in [0.05, 0.1) is 18.1 Å². The lowest BCUT2D eigenvalue weighted by molar-refractivity contribution is -0.139. The minimum absolute atomic E-state index is 0.0817. The quantitative estimate of drug-likeness (QED) is 0.787. The van der Waals surface area contributed by atoms with E-state index in [0.717, 1.165) is 16.9 Å². The Balaban J connectivity index is 1.72. The average Bonchev–Trinajstić information content (AvgIpc) is 3.30. The van der Waals surface area contributed by atoms with Crippen LogP contribution in [0.15, 0.2) is 18.2 Å². The zero-order valence-electron chi connectivity index (χ0n) is 14.6. The molecule has 0 aliphatic carbocycles. The smallest absolute Gasteiger partial charge is 0.341 e. The second-order valence-corrected chi connectivity index (χ2v) is 7.46. The molecule has 0 unspecified atom stereocenters. The molecule has 10 heteroatoms. The zero-order valence-corrected chi connectivity index (χ0v) is 16.2. The van der Waals surface area contributed by atoms with Gasteiger partial charge in [0, 0.05) is 13.1 Å². The van der Waals surface area contributed by atoms with Crippen molar-refractivity contribution in [1.82, 2.24) is 4.90 Å². The molecule has 1 fully saturated rings. The number of rotatable bonds is 5. The Bertz CT molecular complexity index is 923. The average molecular weight is 426 g/mol. The van der Waals surface area contributed by atoms with Crippen molar-refractivity contribution in [2.24, 2.45) is 0 Å². The number of hydrogen-bond acceptors (Lipinski definition) is 7. The third-order valence-electron chi connectivity index (χ3n) is 4.28. The second kappa shape index (κ2) is 7.86. The van der Waals surface area contributed by atoms with Crippen LogP contribution in [0, 0.1) is 0 Å². The lowest BCUT2D eigenvalue weighted by Crippen LogP contribution is -2.40. The first kappa shape index (κ1) is 18.9. The lowest BCUT2D eigenvalue weighted by Gasteiger charge is -2.26. The van der Waals surface area contributed by atoms with Gasteiger partial charge in [0.25, 0.3) is 5.91 Å². The Kier molecular flexibility index (Phi) is 5.29. The van der Waals surface area contributed by atoms with Crippen LogP contribution in [-0.4, -0.2) is 61.6 Å². The summed E-state index contributed by atoms with van der Waals surface area (Å²) < 4.78 is 21.4. The number of thiophene rings is 1. The Hall–Kier alpha value is -2.49. The number of aliphatic carboxylic acids is 1. The van der Waals surface area contributed by atoms with E-state index in [4.69, 9.17) is 35.7 Å². The number of fused-ring (bicyclic) bond motifs is 1. The molecule has 1 aromatic carbocycles. The van der Waals surface area contributed by atoms with E-state index < -0.39 is 12.6 Å². The minimum atomic E-state index is -1.16. The number of carboxylic acid groups (broad SMARTS) is 1. The number of hydrogen-bond donors (Lipinski definition) is 1. The molecular weight excluding hydrogens is 410 g/mol. The highest BCUT2D eigenvalue weighted by atomic mass is 35.5. The van der Waals surface area contributed by atoms with Crippen molar-refractivity contribution in [3.8, 4) is 27.7 Å². The van der Waals surface area contributed by atoms with Crippen molar-refractivity contribution < 1.29 is 33.6 Å². The SMILES string of the molecule is O=C(O)COc1c(C(=O)N2CCOCC2)sc(-c2ccc3c(c2)OCO3)c1Cl. The molecule has 4 rings (SSSR count). The van der Waals surface area contributed by atoms with Gasteiger partial charge in [-0.1, -0.05) is 11.6 Å². The van der Waals surface area contributed by atoms with Crippen LogP contribution in [0.25, 0.3) is 10.4 Å². The fraction of sp³-hybridized carbons (Fsp3) is 0.333. The molecule has 1 aromatic heterocycles. The molecule has 0 radical (unpaired) electrons. The molecule has 0 bridgehead atoms. The topological polar surface area (TPSA) is 94.5 Å². The monoisotopic (exact) mass is 425 g/mol. The summed E-state index contributed by atoms with van der Waals surface area (Å²) >= 11 is 7.67. The molecule has 2 aromatic rings. The van der Waals surface area contributed by atoms with Gasteiger partial charge in [-0.3, -0.25) is 4.79 Å². The molecule has 2 aliphatic rings. The third-order valence-corrected chi connectivity index (χ3v) is 5.96. The van der Waals surface area contributed by atoms with E-state index >= 15 is 0 Å². The van der Waals surface area contributed by atoms with Gasteiger partial charge in [-0.2, -0.15) is 0 Å². The maximum Gasteiger partial charge on any atom is 0.341 e. The molecule has 1 N–H and O–H groups in total. The Morgan fingerprint density at radius 2 is 1.96 bits per heavy atom. The number of carbonyl (C=O) groups excluding carboxylic acids is 1. The summed E-state index contributed by atoms with van der Waals surface area (Å²) in [5.41, 5.74) is 0.723. The first-order valence-corrected chi connectivity index (χ1v) is 9.68. The van der Waals surface area contributed by atoms with Crippen molar-refractivity contribution >= 4 is 34.8 Å². The van der Waals surface area contributed by atoms with E-state index in [1.165, 1.54) is 0 Å². The highest BCUT2D eigenvalue weighted by molar-refractivity contribution is 7.18. The molecule has 1 amide bonds. The number of ether oxygens (including phenoxy) is 4. The predicted octanol–water partition coefficient (Wildman–Crippen LogP) is 2.73. The highest BCUT2D eigenvalue weighted by Gasteiger charge is 2.29. The molecule has 3 heterocycles. The van der Waals surface area contributed by atoms with Gasteiger partial charge >= 0.3 is 5.97 Å². The van der Waals surface area contributed by atoms with E-state index in [1.807, 2.05) is 0 Å². The van der Waals surface area contributed by atoms with Gasteiger partial charge in [0.2, 0.25) is 6.79 Å². The van der Waals surface area contributed by atoms with Crippen LogP contribution in [0.3, 0.4) is 0 Å². The molecule has 0 atom stereocenters. The first-order chi connectivity index (χ1) is 13.5. The van der Waals surface area contributed by atoms with Crippen LogP contribution >= 0.6 is 22.9 Å². The van der Waals surface area contributed by atoms with Crippen molar-refractivity contribution in [1.29, 1.82) is 0 Å². The summed E-state index contributed by atoms with van der Waals surface area (Å²) in [5.74, 6) is -0.128. The number of carboxylic acids is 1. The maximum atomic E-state index is 13.0. The standard InChI is InChI=1S/C18H16ClNO7S/c19-14-15(25-8-13(21)22)17(18(23)20-3-5-24-6-4-20)28-16(14)10-1-2-11-12(7-10)27-9-26-11/h1-2,7H,3-6,8-9H2,(H,21,22). The van der Waals surface area contributed by atoms with Gasteiger partial charge in [0.15, 0.2) is 23.9 Å². The summed E-state index contributed by atoms with van der Waals surface area (Å²) in [7, 11) is 0. The van der Waals surface area contributed by atoms with Crippen LogP contribution in [0.5, 0.6) is 17.2 Å². The van der Waals surface area contributed by atoms with Crippen molar-refractivity contribution in [2.75, 3.05) is 39.7 Å². The van der Waals surface area contributed by atoms with Crippen molar-refractivity contribution in [2.45, 2.75) is 0 Å². The number of benzene rings is 1.